The van der Waals surface area contributed by atoms with Crippen molar-refractivity contribution in [2.75, 3.05) is 5.73 Å². The average Bonchev–Trinajstić information content (AvgIpc) is 2.58. The number of nitrogen functional groups attached to an aromatic ring is 1. The van der Waals surface area contributed by atoms with E-state index in [4.69, 9.17) is 17.3 Å². The normalized spacial score (nSPS) is 10.5. The van der Waals surface area contributed by atoms with Gasteiger partial charge in [-0.25, -0.2) is 4.39 Å². The smallest absolute Gasteiger partial charge is 0.165 e. The summed E-state index contributed by atoms with van der Waals surface area (Å²) in [6, 6.07) is 4.47. The Labute approximate surface area is 90.5 Å². The molecule has 0 saturated heterocycles. The lowest BCUT2D eigenvalue weighted by molar-refractivity contribution is 0.589. The van der Waals surface area contributed by atoms with Gasteiger partial charge in [-0.1, -0.05) is 17.7 Å². The van der Waals surface area contributed by atoms with Crippen molar-refractivity contribution in [3.05, 3.63) is 40.8 Å². The molecule has 2 aromatic rings. The minimum absolute atomic E-state index is 0.0904. The third-order valence-electron chi connectivity index (χ3n) is 1.86. The van der Waals surface area contributed by atoms with Gasteiger partial charge in [0.25, 0.3) is 0 Å². The molecule has 0 aliphatic carbocycles. The maximum atomic E-state index is 12.9. The molecule has 0 unspecified atom stereocenters. The summed E-state index contributed by atoms with van der Waals surface area (Å²) in [6.45, 7) is 0.414. The molecule has 0 saturated carbocycles. The monoisotopic (exact) mass is 226 g/mol. The van der Waals surface area contributed by atoms with Crippen molar-refractivity contribution in [2.24, 2.45) is 0 Å². The lowest BCUT2D eigenvalue weighted by atomic mass is 10.2. The Morgan fingerprint density at radius 1 is 1.47 bits per heavy atom. The van der Waals surface area contributed by atoms with Crippen molar-refractivity contribution in [3.63, 3.8) is 0 Å². The predicted molar refractivity (Wildman–Crippen MR) is 54.9 cm³/mol. The van der Waals surface area contributed by atoms with Crippen LogP contribution in [0.2, 0.25) is 5.02 Å². The number of rotatable bonds is 2. The first-order valence-corrected chi connectivity index (χ1v) is 4.62. The van der Waals surface area contributed by atoms with Gasteiger partial charge in [-0.05, 0) is 17.7 Å². The molecule has 0 radical (unpaired) electrons. The minimum Gasteiger partial charge on any atom is -0.381 e. The number of nitrogens with two attached hydrogens (primary N) is 1. The Kier molecular flexibility index (Phi) is 2.55. The van der Waals surface area contributed by atoms with Gasteiger partial charge in [0.05, 0.1) is 17.8 Å². The molecule has 78 valence electrons. The number of aromatic nitrogens is 3. The maximum Gasteiger partial charge on any atom is 0.165 e. The lowest BCUT2D eigenvalue weighted by Gasteiger charge is -2.01. The number of nitrogens with zero attached hydrogens (tertiary/aromatic N) is 3. The topological polar surface area (TPSA) is 56.7 Å². The first kappa shape index (κ1) is 9.92. The zero-order valence-electron chi connectivity index (χ0n) is 7.69. The van der Waals surface area contributed by atoms with Crippen LogP contribution in [0.3, 0.4) is 0 Å². The van der Waals surface area contributed by atoms with Crippen molar-refractivity contribution in [3.8, 4) is 0 Å². The summed E-state index contributed by atoms with van der Waals surface area (Å²) in [6.07, 6.45) is 1.45. The van der Waals surface area contributed by atoms with Gasteiger partial charge in [-0.2, -0.15) is 9.90 Å². The number of hydrogen-bond acceptors (Lipinski definition) is 3. The zero-order valence-corrected chi connectivity index (χ0v) is 8.45. The van der Waals surface area contributed by atoms with Crippen LogP contribution >= 0.6 is 11.6 Å². The zero-order chi connectivity index (χ0) is 10.8. The number of hydrogen-bond donors (Lipinski definition) is 1. The van der Waals surface area contributed by atoms with Gasteiger partial charge >= 0.3 is 0 Å². The summed E-state index contributed by atoms with van der Waals surface area (Å²) in [4.78, 5) is 1.42. The molecule has 15 heavy (non-hydrogen) atoms. The molecule has 0 spiro atoms. The van der Waals surface area contributed by atoms with Crippen LogP contribution in [0.25, 0.3) is 0 Å². The molecule has 4 nitrogen and oxygen atoms in total. The molecule has 1 heterocycles. The van der Waals surface area contributed by atoms with E-state index in [0.29, 0.717) is 12.4 Å². The molecule has 0 bridgehead atoms. The second-order valence-corrected chi connectivity index (χ2v) is 3.46. The van der Waals surface area contributed by atoms with Crippen LogP contribution < -0.4 is 5.73 Å². The quantitative estimate of drug-likeness (QED) is 0.848. The highest BCUT2D eigenvalue weighted by Gasteiger charge is 2.03. The molecule has 0 aliphatic rings. The Morgan fingerprint density at radius 3 is 2.87 bits per heavy atom. The summed E-state index contributed by atoms with van der Waals surface area (Å²) in [7, 11) is 0. The summed E-state index contributed by atoms with van der Waals surface area (Å²) in [5.74, 6) is -0.0865. The van der Waals surface area contributed by atoms with Crippen LogP contribution in [0.15, 0.2) is 24.4 Å². The molecule has 0 amide bonds. The molecule has 0 aliphatic heterocycles. The van der Waals surface area contributed by atoms with Gasteiger partial charge in [0, 0.05) is 0 Å². The van der Waals surface area contributed by atoms with Gasteiger partial charge in [-0.3, -0.25) is 0 Å². The first-order chi connectivity index (χ1) is 7.15. The Morgan fingerprint density at radius 2 is 2.27 bits per heavy atom. The second-order valence-electron chi connectivity index (χ2n) is 3.05. The summed E-state index contributed by atoms with van der Waals surface area (Å²) in [5, 5.41) is 7.90. The van der Waals surface area contributed by atoms with Gasteiger partial charge in [-0.15, -0.1) is 5.10 Å². The van der Waals surface area contributed by atoms with E-state index in [2.05, 4.69) is 10.2 Å². The van der Waals surface area contributed by atoms with Crippen LogP contribution in [0.4, 0.5) is 10.2 Å². The molecule has 0 atom stereocenters. The Bertz CT molecular complexity index is 483. The molecule has 2 rings (SSSR count). The minimum atomic E-state index is -0.437. The fourth-order valence-corrected chi connectivity index (χ4v) is 1.39. The molecule has 1 aromatic heterocycles. The van der Waals surface area contributed by atoms with E-state index in [1.165, 1.54) is 23.1 Å². The highest BCUT2D eigenvalue weighted by molar-refractivity contribution is 6.30. The third kappa shape index (κ3) is 2.24. The van der Waals surface area contributed by atoms with Crippen molar-refractivity contribution in [2.45, 2.75) is 6.54 Å². The van der Waals surface area contributed by atoms with Gasteiger partial charge in [0.1, 0.15) is 5.82 Å². The van der Waals surface area contributed by atoms with Crippen LogP contribution in [-0.2, 0) is 6.54 Å². The average molecular weight is 227 g/mol. The maximum absolute atomic E-state index is 12.9. The van der Waals surface area contributed by atoms with E-state index in [9.17, 15) is 4.39 Å². The van der Waals surface area contributed by atoms with Crippen molar-refractivity contribution in [1.82, 2.24) is 15.0 Å². The Balaban J connectivity index is 2.21. The molecule has 6 heteroatoms. The number of benzene rings is 1. The van der Waals surface area contributed by atoms with E-state index in [1.54, 1.807) is 6.07 Å². The number of anilines is 1. The van der Waals surface area contributed by atoms with Gasteiger partial charge in [0.2, 0.25) is 0 Å². The first-order valence-electron chi connectivity index (χ1n) is 4.24. The highest BCUT2D eigenvalue weighted by Crippen LogP contribution is 2.16. The van der Waals surface area contributed by atoms with Gasteiger partial charge in [0.15, 0.2) is 5.82 Å². The summed E-state index contributed by atoms with van der Waals surface area (Å²) >= 11 is 5.64. The lowest BCUT2D eigenvalue weighted by Crippen LogP contribution is -2.04. The number of halogens is 2. The molecule has 2 N–H and O–H groups in total. The predicted octanol–water partition coefficient (Wildman–Crippen LogP) is 1.70. The van der Waals surface area contributed by atoms with E-state index >= 15 is 0 Å². The molecule has 0 fully saturated rings. The highest BCUT2D eigenvalue weighted by atomic mass is 35.5. The van der Waals surface area contributed by atoms with Crippen molar-refractivity contribution >= 4 is 17.4 Å². The SMILES string of the molecule is Nc1cnn(Cc2ccc(F)c(Cl)c2)n1. The second kappa shape index (κ2) is 3.86. The fraction of sp³-hybridized carbons (Fsp3) is 0.111. The summed E-state index contributed by atoms with van der Waals surface area (Å²) in [5.41, 5.74) is 6.22. The van der Waals surface area contributed by atoms with Crippen LogP contribution in [-0.4, -0.2) is 15.0 Å². The molecule has 1 aromatic carbocycles. The molecular formula is C9H8ClFN4. The van der Waals surface area contributed by atoms with E-state index in [0.717, 1.165) is 5.56 Å². The van der Waals surface area contributed by atoms with Crippen molar-refractivity contribution < 1.29 is 4.39 Å². The third-order valence-corrected chi connectivity index (χ3v) is 2.15. The van der Waals surface area contributed by atoms with E-state index in [1.807, 2.05) is 0 Å². The molecular weight excluding hydrogens is 219 g/mol. The standard InChI is InChI=1S/C9H8ClFN4/c10-7-3-6(1-2-8(7)11)5-15-13-4-9(12)14-15/h1-4H,5H2,(H2,12,14). The fourth-order valence-electron chi connectivity index (χ4n) is 1.19. The largest absolute Gasteiger partial charge is 0.381 e. The van der Waals surface area contributed by atoms with Gasteiger partial charge < -0.3 is 5.73 Å². The van der Waals surface area contributed by atoms with E-state index in [-0.39, 0.29) is 5.02 Å². The summed E-state index contributed by atoms with van der Waals surface area (Å²) < 4.78 is 12.9. The van der Waals surface area contributed by atoms with Crippen molar-refractivity contribution in [1.29, 1.82) is 0 Å². The van der Waals surface area contributed by atoms with Crippen LogP contribution in [0.5, 0.6) is 0 Å². The van der Waals surface area contributed by atoms with Crippen LogP contribution in [0.1, 0.15) is 5.56 Å². The van der Waals surface area contributed by atoms with E-state index < -0.39 is 5.82 Å². The Hall–Kier alpha value is -1.62. The van der Waals surface area contributed by atoms with Crippen LogP contribution in [0, 0.1) is 5.82 Å².